The fourth-order valence-corrected chi connectivity index (χ4v) is 3.01. The summed E-state index contributed by atoms with van der Waals surface area (Å²) in [4.78, 5) is 17.1. The summed E-state index contributed by atoms with van der Waals surface area (Å²) < 4.78 is 0. The van der Waals surface area contributed by atoms with E-state index in [1.165, 1.54) is 22.2 Å². The first-order chi connectivity index (χ1) is 8.34. The maximum Gasteiger partial charge on any atom is 0.238 e. The number of amides is 1. The molecule has 1 amide bonds. The van der Waals surface area contributed by atoms with Crippen LogP contribution in [0.25, 0.3) is 10.9 Å². The standard InChI is InChI=1S/C13H13N3O/c17-11-7-14-13-12-9(5-6-16(11)13)8-3-1-2-4-10(8)15-12/h1-4,13-15H,5-7H2. The maximum absolute atomic E-state index is 11.7. The molecule has 2 N–H and O–H groups in total. The fourth-order valence-electron chi connectivity index (χ4n) is 3.01. The van der Waals surface area contributed by atoms with Crippen LogP contribution >= 0.6 is 0 Å². The van der Waals surface area contributed by atoms with Gasteiger partial charge < -0.3 is 9.88 Å². The first-order valence-electron chi connectivity index (χ1n) is 5.97. The van der Waals surface area contributed by atoms with Gasteiger partial charge in [-0.15, -0.1) is 0 Å². The molecule has 2 aliphatic heterocycles. The Morgan fingerprint density at radius 1 is 1.29 bits per heavy atom. The topological polar surface area (TPSA) is 48.1 Å². The Hall–Kier alpha value is -1.81. The van der Waals surface area contributed by atoms with Crippen LogP contribution in [0.3, 0.4) is 0 Å². The van der Waals surface area contributed by atoms with Gasteiger partial charge in [-0.2, -0.15) is 0 Å². The minimum Gasteiger partial charge on any atom is -0.355 e. The molecule has 2 aromatic rings. The fraction of sp³-hybridized carbons (Fsp3) is 0.308. The maximum atomic E-state index is 11.7. The van der Waals surface area contributed by atoms with E-state index in [-0.39, 0.29) is 12.1 Å². The third kappa shape index (κ3) is 1.13. The molecule has 0 bridgehead atoms. The van der Waals surface area contributed by atoms with E-state index >= 15 is 0 Å². The number of benzene rings is 1. The van der Waals surface area contributed by atoms with Crippen LogP contribution < -0.4 is 5.32 Å². The number of nitrogens with zero attached hydrogens (tertiary/aromatic N) is 1. The Morgan fingerprint density at radius 3 is 3.12 bits per heavy atom. The first kappa shape index (κ1) is 9.24. The average molecular weight is 227 g/mol. The zero-order valence-corrected chi connectivity index (χ0v) is 9.36. The Bertz CT molecular complexity index is 616. The lowest BCUT2D eigenvalue weighted by Gasteiger charge is -2.29. The van der Waals surface area contributed by atoms with Crippen molar-refractivity contribution in [1.82, 2.24) is 15.2 Å². The number of carbonyl (C=O) groups is 1. The van der Waals surface area contributed by atoms with Gasteiger partial charge in [-0.05, 0) is 18.1 Å². The van der Waals surface area contributed by atoms with Gasteiger partial charge >= 0.3 is 0 Å². The second-order valence-electron chi connectivity index (χ2n) is 4.68. The Labute approximate surface area is 98.6 Å². The lowest BCUT2D eigenvalue weighted by Crippen LogP contribution is -2.36. The van der Waals surface area contributed by atoms with Crippen LogP contribution in [0.4, 0.5) is 0 Å². The minimum absolute atomic E-state index is 0.0543. The van der Waals surface area contributed by atoms with E-state index in [1.807, 2.05) is 11.0 Å². The predicted molar refractivity (Wildman–Crippen MR) is 64.5 cm³/mol. The number of rotatable bonds is 0. The Balaban J connectivity index is 1.94. The third-order valence-electron chi connectivity index (χ3n) is 3.80. The number of H-pyrrole nitrogens is 1. The van der Waals surface area contributed by atoms with Gasteiger partial charge in [0.15, 0.2) is 0 Å². The molecule has 0 saturated carbocycles. The number of aromatic nitrogens is 1. The molecule has 4 rings (SSSR count). The summed E-state index contributed by atoms with van der Waals surface area (Å²) in [5.41, 5.74) is 3.70. The molecule has 0 aliphatic carbocycles. The molecule has 17 heavy (non-hydrogen) atoms. The lowest BCUT2D eigenvalue weighted by atomic mass is 10.0. The molecule has 1 saturated heterocycles. The van der Waals surface area contributed by atoms with E-state index in [0.29, 0.717) is 6.54 Å². The second kappa shape index (κ2) is 3.11. The first-order valence-corrected chi connectivity index (χ1v) is 5.97. The number of para-hydroxylation sites is 1. The van der Waals surface area contributed by atoms with Crippen molar-refractivity contribution in [2.75, 3.05) is 13.1 Å². The molecule has 1 fully saturated rings. The highest BCUT2D eigenvalue weighted by atomic mass is 16.2. The van der Waals surface area contributed by atoms with E-state index in [1.54, 1.807) is 0 Å². The van der Waals surface area contributed by atoms with Crippen LogP contribution in [0.1, 0.15) is 17.4 Å². The largest absolute Gasteiger partial charge is 0.355 e. The zero-order valence-electron chi connectivity index (χ0n) is 9.36. The number of hydrogen-bond donors (Lipinski definition) is 2. The summed E-state index contributed by atoms with van der Waals surface area (Å²) >= 11 is 0. The third-order valence-corrected chi connectivity index (χ3v) is 3.80. The molecule has 1 aromatic carbocycles. The number of aromatic amines is 1. The Morgan fingerprint density at radius 2 is 2.18 bits per heavy atom. The highest BCUT2D eigenvalue weighted by Crippen LogP contribution is 2.34. The monoisotopic (exact) mass is 227 g/mol. The van der Waals surface area contributed by atoms with Crippen LogP contribution in [-0.2, 0) is 11.2 Å². The van der Waals surface area contributed by atoms with E-state index < -0.39 is 0 Å². The summed E-state index contributed by atoms with van der Waals surface area (Å²) in [7, 11) is 0. The van der Waals surface area contributed by atoms with Crippen LogP contribution in [-0.4, -0.2) is 28.9 Å². The summed E-state index contributed by atoms with van der Waals surface area (Å²) in [5, 5.41) is 4.57. The number of fused-ring (bicyclic) bond motifs is 5. The van der Waals surface area contributed by atoms with E-state index in [4.69, 9.17) is 0 Å². The van der Waals surface area contributed by atoms with E-state index in [0.717, 1.165) is 13.0 Å². The minimum atomic E-state index is 0.0543. The van der Waals surface area contributed by atoms with Gasteiger partial charge in [0, 0.05) is 17.4 Å². The van der Waals surface area contributed by atoms with Crippen molar-refractivity contribution in [3.63, 3.8) is 0 Å². The van der Waals surface area contributed by atoms with Crippen molar-refractivity contribution >= 4 is 16.8 Å². The second-order valence-corrected chi connectivity index (χ2v) is 4.68. The molecule has 4 heteroatoms. The van der Waals surface area contributed by atoms with Crippen molar-refractivity contribution in [2.24, 2.45) is 0 Å². The lowest BCUT2D eigenvalue weighted by molar-refractivity contribution is -0.128. The molecule has 4 nitrogen and oxygen atoms in total. The van der Waals surface area contributed by atoms with Crippen molar-refractivity contribution < 1.29 is 4.79 Å². The van der Waals surface area contributed by atoms with Crippen LogP contribution in [0.2, 0.25) is 0 Å². The van der Waals surface area contributed by atoms with E-state index in [9.17, 15) is 4.79 Å². The molecule has 1 atom stereocenters. The van der Waals surface area contributed by atoms with Crippen LogP contribution in [0.15, 0.2) is 24.3 Å². The molecule has 3 heterocycles. The smallest absolute Gasteiger partial charge is 0.238 e. The van der Waals surface area contributed by atoms with Crippen molar-refractivity contribution in [2.45, 2.75) is 12.6 Å². The molecular weight excluding hydrogens is 214 g/mol. The highest BCUT2D eigenvalue weighted by Gasteiger charge is 2.37. The molecule has 86 valence electrons. The summed E-state index contributed by atoms with van der Waals surface area (Å²) in [6.45, 7) is 1.28. The van der Waals surface area contributed by atoms with Crippen molar-refractivity contribution in [1.29, 1.82) is 0 Å². The van der Waals surface area contributed by atoms with Gasteiger partial charge in [0.2, 0.25) is 5.91 Å². The number of hydrogen-bond acceptors (Lipinski definition) is 2. The molecule has 1 aromatic heterocycles. The van der Waals surface area contributed by atoms with Gasteiger partial charge in [0.25, 0.3) is 0 Å². The highest BCUT2D eigenvalue weighted by molar-refractivity contribution is 5.87. The average Bonchev–Trinajstić information content (AvgIpc) is 2.90. The summed E-state index contributed by atoms with van der Waals surface area (Å²) in [6, 6.07) is 8.34. The van der Waals surface area contributed by atoms with Gasteiger partial charge in [0.05, 0.1) is 12.2 Å². The molecule has 1 unspecified atom stereocenters. The van der Waals surface area contributed by atoms with E-state index in [2.05, 4.69) is 28.5 Å². The number of nitrogens with one attached hydrogen (secondary N) is 2. The Kier molecular flexibility index (Phi) is 1.69. The predicted octanol–water partition coefficient (Wildman–Crippen LogP) is 1.15. The van der Waals surface area contributed by atoms with Crippen molar-refractivity contribution in [3.05, 3.63) is 35.5 Å². The summed E-state index contributed by atoms with van der Waals surface area (Å²) in [5.74, 6) is 0.208. The van der Waals surface area contributed by atoms with Gasteiger partial charge in [0.1, 0.15) is 6.17 Å². The quantitative estimate of drug-likeness (QED) is 0.709. The normalized spacial score (nSPS) is 22.9. The van der Waals surface area contributed by atoms with Crippen molar-refractivity contribution in [3.8, 4) is 0 Å². The van der Waals surface area contributed by atoms with Gasteiger partial charge in [-0.25, -0.2) is 0 Å². The number of carbonyl (C=O) groups excluding carboxylic acids is 1. The van der Waals surface area contributed by atoms with Crippen LogP contribution in [0.5, 0.6) is 0 Å². The van der Waals surface area contributed by atoms with Gasteiger partial charge in [-0.3, -0.25) is 10.1 Å². The molecule has 2 aliphatic rings. The van der Waals surface area contributed by atoms with Crippen LogP contribution in [0, 0.1) is 0 Å². The molecule has 0 radical (unpaired) electrons. The SMILES string of the molecule is O=C1CNC2c3[nH]c4ccccc4c3CCN12. The molecule has 0 spiro atoms. The molecular formula is C13H13N3O. The summed E-state index contributed by atoms with van der Waals surface area (Å²) in [6.07, 6.45) is 1.00. The zero-order chi connectivity index (χ0) is 11.4. The van der Waals surface area contributed by atoms with Gasteiger partial charge in [-0.1, -0.05) is 18.2 Å².